The summed E-state index contributed by atoms with van der Waals surface area (Å²) in [5.41, 5.74) is 3.75. The van der Waals surface area contributed by atoms with Gasteiger partial charge in [0.2, 0.25) is 15.5 Å². The number of hydrogen-bond donors (Lipinski definition) is 1. The lowest BCUT2D eigenvalue weighted by molar-refractivity contribution is 0.465. The number of aromatic hydroxyl groups is 1. The fourth-order valence-electron chi connectivity index (χ4n) is 5.00. The summed E-state index contributed by atoms with van der Waals surface area (Å²) >= 11 is 0. The van der Waals surface area contributed by atoms with Crippen LogP contribution < -0.4 is 10.9 Å². The molecule has 2 heterocycles. The average molecular weight is 545 g/mol. The number of imidazole rings is 1. The number of nitrogens with zero attached hydrogens (tertiary/aromatic N) is 4. The zero-order chi connectivity index (χ0) is 28.2. The molecule has 3 aromatic carbocycles. The second-order valence-corrected chi connectivity index (χ2v) is 11.8. The highest BCUT2D eigenvalue weighted by molar-refractivity contribution is 7.89. The Balaban J connectivity index is 1.54. The highest BCUT2D eigenvalue weighted by atomic mass is 32.2. The molecule has 2 aromatic heterocycles. The summed E-state index contributed by atoms with van der Waals surface area (Å²) < 4.78 is 29.1. The van der Waals surface area contributed by atoms with E-state index in [1.807, 2.05) is 47.9 Å². The number of rotatable bonds is 7. The lowest BCUT2D eigenvalue weighted by atomic mass is 9.91. The molecule has 0 saturated heterocycles. The van der Waals surface area contributed by atoms with Crippen molar-refractivity contribution in [2.24, 2.45) is 0 Å². The van der Waals surface area contributed by atoms with E-state index in [1.54, 1.807) is 26.0 Å². The summed E-state index contributed by atoms with van der Waals surface area (Å²) in [5, 5.41) is 9.98. The Morgan fingerprint density at radius 1 is 0.923 bits per heavy atom. The van der Waals surface area contributed by atoms with Crippen LogP contribution in [0.5, 0.6) is 5.75 Å². The van der Waals surface area contributed by atoms with Crippen molar-refractivity contribution in [1.29, 1.82) is 0 Å². The van der Waals surface area contributed by atoms with Crippen LogP contribution in [0.15, 0.2) is 63.0 Å². The second kappa shape index (κ2) is 9.55. The van der Waals surface area contributed by atoms with Crippen LogP contribution in [0.25, 0.3) is 33.4 Å². The standard InChI is InChI=1S/C29H28N4O5S/c1-6-22-31-24-16(2)28(39(37,38)32(4)5)17(3)30-29(24)33(22)15-18-11-13-19(14-12-18)20-9-7-8-10-21(20)23-25(34)27(36)26(23)35/h7-14,34H,6,15H2,1-5H3. The summed E-state index contributed by atoms with van der Waals surface area (Å²) in [7, 11) is -0.685. The molecule has 0 radical (unpaired) electrons. The first-order valence-corrected chi connectivity index (χ1v) is 13.9. The van der Waals surface area contributed by atoms with Crippen LogP contribution in [0.3, 0.4) is 0 Å². The van der Waals surface area contributed by atoms with Crippen molar-refractivity contribution < 1.29 is 13.5 Å². The van der Waals surface area contributed by atoms with Crippen LogP contribution in [0, 0.1) is 13.8 Å². The summed E-state index contributed by atoms with van der Waals surface area (Å²) in [4.78, 5) is 33.3. The minimum Gasteiger partial charge on any atom is -0.503 e. The van der Waals surface area contributed by atoms with Gasteiger partial charge in [0.05, 0.1) is 17.8 Å². The number of hydrogen-bond acceptors (Lipinski definition) is 7. The fraction of sp³-hybridized carbons (Fsp3) is 0.241. The highest BCUT2D eigenvalue weighted by Crippen LogP contribution is 2.35. The van der Waals surface area contributed by atoms with E-state index in [0.717, 1.165) is 22.5 Å². The van der Waals surface area contributed by atoms with Crippen molar-refractivity contribution >= 4 is 21.2 Å². The predicted molar refractivity (Wildman–Crippen MR) is 150 cm³/mol. The molecule has 200 valence electrons. The minimum atomic E-state index is -3.68. The molecular formula is C29H28N4O5S. The van der Waals surface area contributed by atoms with Gasteiger partial charge >= 0.3 is 0 Å². The Kier molecular flexibility index (Phi) is 6.48. The van der Waals surface area contributed by atoms with Crippen LogP contribution in [-0.2, 0) is 23.0 Å². The molecule has 0 aliphatic heterocycles. The first-order valence-electron chi connectivity index (χ1n) is 12.5. The van der Waals surface area contributed by atoms with Gasteiger partial charge in [0.25, 0.3) is 5.43 Å². The largest absolute Gasteiger partial charge is 0.503 e. The van der Waals surface area contributed by atoms with Gasteiger partial charge in [0, 0.05) is 26.1 Å². The maximum atomic E-state index is 13.0. The van der Waals surface area contributed by atoms with E-state index in [4.69, 9.17) is 4.98 Å². The molecule has 10 heteroatoms. The van der Waals surface area contributed by atoms with Crippen molar-refractivity contribution in [2.75, 3.05) is 14.1 Å². The zero-order valence-electron chi connectivity index (χ0n) is 22.3. The zero-order valence-corrected chi connectivity index (χ0v) is 23.1. The van der Waals surface area contributed by atoms with E-state index in [9.17, 15) is 23.1 Å². The molecule has 5 rings (SSSR count). The topological polar surface area (TPSA) is 122 Å². The quantitative estimate of drug-likeness (QED) is 0.311. The van der Waals surface area contributed by atoms with Crippen LogP contribution >= 0.6 is 0 Å². The molecule has 0 saturated carbocycles. The van der Waals surface area contributed by atoms with Crippen molar-refractivity contribution in [1.82, 2.24) is 18.8 Å². The summed E-state index contributed by atoms with van der Waals surface area (Å²) in [6.07, 6.45) is 0.640. The molecule has 0 bridgehead atoms. The molecule has 1 N–H and O–H groups in total. The first kappa shape index (κ1) is 26.5. The minimum absolute atomic E-state index is 0.0459. The number of aryl methyl sites for hydroxylation is 3. The van der Waals surface area contributed by atoms with Crippen molar-refractivity contribution in [3.05, 3.63) is 91.6 Å². The Morgan fingerprint density at radius 2 is 1.56 bits per heavy atom. The van der Waals surface area contributed by atoms with Gasteiger partial charge in [-0.15, -0.1) is 0 Å². The van der Waals surface area contributed by atoms with E-state index in [-0.39, 0.29) is 10.5 Å². The molecule has 0 spiro atoms. The third kappa shape index (κ3) is 4.16. The van der Waals surface area contributed by atoms with Gasteiger partial charge in [-0.05, 0) is 36.1 Å². The number of benzene rings is 2. The van der Waals surface area contributed by atoms with Crippen molar-refractivity contribution in [2.45, 2.75) is 38.6 Å². The molecule has 5 aromatic rings. The molecule has 0 fully saturated rings. The molecule has 39 heavy (non-hydrogen) atoms. The SMILES string of the molecule is CCc1nc2c(C)c(S(=O)(=O)N(C)C)c(C)nc2n1Cc1ccc(-c2ccccc2-c2c(O)c(=O)c2=O)cc1. The van der Waals surface area contributed by atoms with E-state index < -0.39 is 26.6 Å². The van der Waals surface area contributed by atoms with Gasteiger partial charge in [-0.3, -0.25) is 9.59 Å². The van der Waals surface area contributed by atoms with E-state index in [0.29, 0.717) is 41.0 Å². The van der Waals surface area contributed by atoms with Gasteiger partial charge in [0.15, 0.2) is 11.4 Å². The maximum Gasteiger partial charge on any atom is 0.268 e. The second-order valence-electron chi connectivity index (χ2n) is 9.70. The number of aromatic nitrogens is 3. The first-order chi connectivity index (χ1) is 18.5. The lowest BCUT2D eigenvalue weighted by Gasteiger charge is -2.16. The molecule has 0 aliphatic carbocycles. The molecule has 9 nitrogen and oxygen atoms in total. The summed E-state index contributed by atoms with van der Waals surface area (Å²) in [6, 6.07) is 14.9. The van der Waals surface area contributed by atoms with E-state index in [1.165, 1.54) is 18.4 Å². The van der Waals surface area contributed by atoms with Crippen LogP contribution in [0.1, 0.15) is 29.6 Å². The predicted octanol–water partition coefficient (Wildman–Crippen LogP) is 3.54. The Hall–Kier alpha value is -4.15. The smallest absolute Gasteiger partial charge is 0.268 e. The normalized spacial score (nSPS) is 12.2. The van der Waals surface area contributed by atoms with Gasteiger partial charge < -0.3 is 9.67 Å². The van der Waals surface area contributed by atoms with E-state index in [2.05, 4.69) is 4.98 Å². The number of pyridine rings is 1. The average Bonchev–Trinajstić information content (AvgIpc) is 3.26. The third-order valence-electron chi connectivity index (χ3n) is 7.06. The molecule has 0 atom stereocenters. The fourth-order valence-corrected chi connectivity index (χ4v) is 6.26. The molecular weight excluding hydrogens is 516 g/mol. The van der Waals surface area contributed by atoms with Crippen LogP contribution in [-0.4, -0.2) is 46.5 Å². The third-order valence-corrected chi connectivity index (χ3v) is 9.14. The summed E-state index contributed by atoms with van der Waals surface area (Å²) in [6.45, 7) is 5.94. The van der Waals surface area contributed by atoms with Gasteiger partial charge in [-0.2, -0.15) is 0 Å². The van der Waals surface area contributed by atoms with E-state index >= 15 is 0 Å². The van der Waals surface area contributed by atoms with Gasteiger partial charge in [-0.1, -0.05) is 55.5 Å². The van der Waals surface area contributed by atoms with Crippen molar-refractivity contribution in [3.63, 3.8) is 0 Å². The monoisotopic (exact) mass is 544 g/mol. The Bertz CT molecular complexity index is 1930. The number of fused-ring (bicyclic) bond motifs is 1. The molecule has 0 unspecified atom stereocenters. The highest BCUT2D eigenvalue weighted by Gasteiger charge is 2.27. The van der Waals surface area contributed by atoms with Gasteiger partial charge in [0.1, 0.15) is 16.2 Å². The maximum absolute atomic E-state index is 13.0. The Morgan fingerprint density at radius 3 is 2.15 bits per heavy atom. The Labute approximate surface area is 225 Å². The number of sulfonamides is 1. The van der Waals surface area contributed by atoms with Gasteiger partial charge in [-0.25, -0.2) is 22.7 Å². The lowest BCUT2D eigenvalue weighted by Crippen LogP contribution is -2.31. The molecule has 0 amide bonds. The molecule has 0 aliphatic rings. The van der Waals surface area contributed by atoms with Crippen LogP contribution in [0.2, 0.25) is 0 Å². The van der Waals surface area contributed by atoms with Crippen LogP contribution in [0.4, 0.5) is 0 Å². The summed E-state index contributed by atoms with van der Waals surface area (Å²) in [5.74, 6) is 0.298. The van der Waals surface area contributed by atoms with Crippen molar-refractivity contribution in [3.8, 4) is 28.0 Å².